The van der Waals surface area contributed by atoms with Crippen molar-refractivity contribution in [1.29, 1.82) is 0 Å². The summed E-state index contributed by atoms with van der Waals surface area (Å²) >= 11 is 5.12. The van der Waals surface area contributed by atoms with Gasteiger partial charge in [0, 0.05) is 32.9 Å². The van der Waals surface area contributed by atoms with Crippen molar-refractivity contribution in [2.24, 2.45) is 0 Å². The van der Waals surface area contributed by atoms with Crippen LogP contribution in [-0.4, -0.2) is 43.2 Å². The summed E-state index contributed by atoms with van der Waals surface area (Å²) in [6.07, 6.45) is 0. The second kappa shape index (κ2) is 7.50. The molecular weight excluding hydrogens is 248 g/mol. The van der Waals surface area contributed by atoms with Gasteiger partial charge in [0.2, 0.25) is 0 Å². The van der Waals surface area contributed by atoms with Crippen LogP contribution in [0.1, 0.15) is 0 Å². The number of urea groups is 1. The molecule has 0 aliphatic rings. The van der Waals surface area contributed by atoms with E-state index in [4.69, 9.17) is 12.2 Å². The number of nitrogens with zero attached hydrogens (tertiary/aromatic N) is 1. The highest BCUT2D eigenvalue weighted by Gasteiger charge is 2.01. The van der Waals surface area contributed by atoms with E-state index in [0.29, 0.717) is 18.2 Å². The number of para-hydroxylation sites is 1. The van der Waals surface area contributed by atoms with Gasteiger partial charge in [-0.05, 0) is 24.4 Å². The molecule has 1 rings (SSSR count). The molecule has 0 saturated carbocycles. The van der Waals surface area contributed by atoms with Crippen molar-refractivity contribution in [3.63, 3.8) is 0 Å². The summed E-state index contributed by atoms with van der Waals surface area (Å²) in [5.41, 5.74) is 0.937. The number of amides is 2. The molecule has 18 heavy (non-hydrogen) atoms. The molecular formula is C12H18N4OS. The Labute approximate surface area is 113 Å². The van der Waals surface area contributed by atoms with Crippen molar-refractivity contribution in [2.45, 2.75) is 0 Å². The van der Waals surface area contributed by atoms with Crippen molar-refractivity contribution in [3.05, 3.63) is 30.3 Å². The zero-order valence-corrected chi connectivity index (χ0v) is 11.4. The second-order valence-electron chi connectivity index (χ2n) is 3.87. The van der Waals surface area contributed by atoms with E-state index >= 15 is 0 Å². The number of nitrogens with one attached hydrogen (secondary N) is 3. The molecule has 0 bridgehead atoms. The Hall–Kier alpha value is -1.82. The molecule has 3 N–H and O–H groups in total. The van der Waals surface area contributed by atoms with Crippen LogP contribution in [0.25, 0.3) is 0 Å². The minimum atomic E-state index is -0.112. The molecule has 98 valence electrons. The third-order valence-electron chi connectivity index (χ3n) is 2.12. The Morgan fingerprint density at radius 3 is 2.39 bits per heavy atom. The minimum absolute atomic E-state index is 0.112. The van der Waals surface area contributed by atoms with E-state index in [2.05, 4.69) is 16.0 Å². The van der Waals surface area contributed by atoms with E-state index in [1.165, 1.54) is 4.90 Å². The number of anilines is 1. The van der Waals surface area contributed by atoms with Crippen molar-refractivity contribution in [1.82, 2.24) is 15.5 Å². The molecule has 2 amide bonds. The summed E-state index contributed by atoms with van der Waals surface area (Å²) in [5.74, 6) is 0. The largest absolute Gasteiger partial charge is 0.361 e. The maximum Gasteiger partial charge on any atom is 0.316 e. The quantitative estimate of drug-likeness (QED) is 0.567. The molecule has 6 heteroatoms. The molecule has 1 aromatic carbocycles. The number of hydrogen-bond donors (Lipinski definition) is 3. The Morgan fingerprint density at radius 1 is 1.17 bits per heavy atom. The van der Waals surface area contributed by atoms with Gasteiger partial charge in [-0.25, -0.2) is 4.79 Å². The molecule has 0 spiro atoms. The monoisotopic (exact) mass is 266 g/mol. The smallest absolute Gasteiger partial charge is 0.316 e. The predicted octanol–water partition coefficient (Wildman–Crippen LogP) is 1.24. The minimum Gasteiger partial charge on any atom is -0.361 e. The van der Waals surface area contributed by atoms with E-state index in [0.717, 1.165) is 5.69 Å². The number of carbonyl (C=O) groups is 1. The molecule has 0 atom stereocenters. The third kappa shape index (κ3) is 5.49. The average molecular weight is 266 g/mol. The van der Waals surface area contributed by atoms with Gasteiger partial charge in [-0.1, -0.05) is 18.2 Å². The molecule has 0 fully saturated rings. The first-order valence-electron chi connectivity index (χ1n) is 5.64. The third-order valence-corrected chi connectivity index (χ3v) is 2.37. The lowest BCUT2D eigenvalue weighted by Crippen LogP contribution is -2.40. The highest BCUT2D eigenvalue weighted by Crippen LogP contribution is 2.03. The highest BCUT2D eigenvalue weighted by molar-refractivity contribution is 7.80. The van der Waals surface area contributed by atoms with Gasteiger partial charge >= 0.3 is 6.03 Å². The summed E-state index contributed by atoms with van der Waals surface area (Å²) in [6.45, 7) is 1.10. The van der Waals surface area contributed by atoms with Crippen LogP contribution in [0.2, 0.25) is 0 Å². The van der Waals surface area contributed by atoms with Crippen LogP contribution in [0.5, 0.6) is 0 Å². The van der Waals surface area contributed by atoms with Crippen LogP contribution >= 0.6 is 12.2 Å². The standard InChI is InChI=1S/C12H18N4OS/c1-16(2)12(17)14-9-8-13-11(18)15-10-6-4-3-5-7-10/h3-7H,8-9H2,1-2H3,(H,14,17)(H2,13,15,18). The fraction of sp³-hybridized carbons (Fsp3) is 0.333. The summed E-state index contributed by atoms with van der Waals surface area (Å²) < 4.78 is 0. The zero-order chi connectivity index (χ0) is 13.4. The number of hydrogen-bond acceptors (Lipinski definition) is 2. The van der Waals surface area contributed by atoms with Crippen molar-refractivity contribution < 1.29 is 4.79 Å². The predicted molar refractivity (Wildman–Crippen MR) is 77.8 cm³/mol. The lowest BCUT2D eigenvalue weighted by atomic mass is 10.3. The van der Waals surface area contributed by atoms with E-state index in [9.17, 15) is 4.79 Å². The maximum atomic E-state index is 11.2. The van der Waals surface area contributed by atoms with E-state index in [-0.39, 0.29) is 6.03 Å². The molecule has 0 aromatic heterocycles. The Morgan fingerprint density at radius 2 is 1.78 bits per heavy atom. The van der Waals surface area contributed by atoms with Crippen LogP contribution in [0.15, 0.2) is 30.3 Å². The lowest BCUT2D eigenvalue weighted by molar-refractivity contribution is 0.217. The van der Waals surface area contributed by atoms with Crippen LogP contribution in [0.4, 0.5) is 10.5 Å². The van der Waals surface area contributed by atoms with Gasteiger partial charge in [-0.15, -0.1) is 0 Å². The number of carbonyl (C=O) groups excluding carboxylic acids is 1. The first-order valence-corrected chi connectivity index (χ1v) is 6.05. The highest BCUT2D eigenvalue weighted by atomic mass is 32.1. The Bertz CT molecular complexity index is 394. The molecule has 0 radical (unpaired) electrons. The number of benzene rings is 1. The first kappa shape index (κ1) is 14.2. The second-order valence-corrected chi connectivity index (χ2v) is 4.28. The lowest BCUT2D eigenvalue weighted by Gasteiger charge is -2.13. The molecule has 0 heterocycles. The first-order chi connectivity index (χ1) is 8.59. The van der Waals surface area contributed by atoms with Crippen molar-refractivity contribution in [2.75, 3.05) is 32.5 Å². The van der Waals surface area contributed by atoms with Gasteiger partial charge in [-0.3, -0.25) is 0 Å². The number of rotatable bonds is 4. The van der Waals surface area contributed by atoms with Crippen LogP contribution in [0.3, 0.4) is 0 Å². The molecule has 1 aromatic rings. The van der Waals surface area contributed by atoms with E-state index in [1.807, 2.05) is 30.3 Å². The van der Waals surface area contributed by atoms with E-state index < -0.39 is 0 Å². The van der Waals surface area contributed by atoms with Gasteiger partial charge in [0.25, 0.3) is 0 Å². The van der Waals surface area contributed by atoms with Gasteiger partial charge in [0.1, 0.15) is 0 Å². The van der Waals surface area contributed by atoms with Crippen LogP contribution in [-0.2, 0) is 0 Å². The molecule has 0 aliphatic heterocycles. The van der Waals surface area contributed by atoms with Gasteiger partial charge in [-0.2, -0.15) is 0 Å². The summed E-state index contributed by atoms with van der Waals surface area (Å²) in [5, 5.41) is 9.34. The fourth-order valence-electron chi connectivity index (χ4n) is 1.20. The van der Waals surface area contributed by atoms with Gasteiger partial charge < -0.3 is 20.9 Å². The Balaban J connectivity index is 2.16. The summed E-state index contributed by atoms with van der Waals surface area (Å²) in [4.78, 5) is 12.7. The maximum absolute atomic E-state index is 11.2. The summed E-state index contributed by atoms with van der Waals surface area (Å²) in [7, 11) is 3.40. The van der Waals surface area contributed by atoms with Gasteiger partial charge in [0.15, 0.2) is 5.11 Å². The van der Waals surface area contributed by atoms with Crippen LogP contribution in [0, 0.1) is 0 Å². The van der Waals surface area contributed by atoms with E-state index in [1.54, 1.807) is 14.1 Å². The van der Waals surface area contributed by atoms with Crippen molar-refractivity contribution in [3.8, 4) is 0 Å². The topological polar surface area (TPSA) is 56.4 Å². The number of thiocarbonyl (C=S) groups is 1. The SMILES string of the molecule is CN(C)C(=O)NCCNC(=S)Nc1ccccc1. The van der Waals surface area contributed by atoms with Crippen LogP contribution < -0.4 is 16.0 Å². The molecule has 0 saturated heterocycles. The molecule has 5 nitrogen and oxygen atoms in total. The average Bonchev–Trinajstić information content (AvgIpc) is 2.35. The fourth-order valence-corrected chi connectivity index (χ4v) is 1.42. The molecule has 0 unspecified atom stereocenters. The van der Waals surface area contributed by atoms with Gasteiger partial charge in [0.05, 0.1) is 0 Å². The Kier molecular flexibility index (Phi) is 5.93. The summed E-state index contributed by atoms with van der Waals surface area (Å²) in [6, 6.07) is 9.56. The molecule has 0 aliphatic carbocycles. The zero-order valence-electron chi connectivity index (χ0n) is 10.6. The normalized spacial score (nSPS) is 9.44. The van der Waals surface area contributed by atoms with Crippen molar-refractivity contribution >= 4 is 29.0 Å².